The Balaban J connectivity index is 1.59. The predicted octanol–water partition coefficient (Wildman–Crippen LogP) is 2.07. The van der Waals surface area contributed by atoms with Crippen LogP contribution in [-0.4, -0.2) is 74.5 Å². The summed E-state index contributed by atoms with van der Waals surface area (Å²) in [5.74, 6) is 1.72. The van der Waals surface area contributed by atoms with Crippen molar-refractivity contribution in [2.75, 3.05) is 49.5 Å². The molecule has 1 aromatic carbocycles. The lowest BCUT2D eigenvalue weighted by atomic mass is 10.2. The molecule has 0 aliphatic carbocycles. The van der Waals surface area contributed by atoms with Crippen LogP contribution in [0.2, 0.25) is 0 Å². The quantitative estimate of drug-likeness (QED) is 0.529. The summed E-state index contributed by atoms with van der Waals surface area (Å²) in [6.07, 6.45) is 3.51. The van der Waals surface area contributed by atoms with Crippen molar-refractivity contribution in [1.82, 2.24) is 30.0 Å². The summed E-state index contributed by atoms with van der Waals surface area (Å²) in [6.45, 7) is 5.87. The molecule has 0 saturated carbocycles. The molecule has 162 valence electrons. The molecule has 0 unspecified atom stereocenters. The van der Waals surface area contributed by atoms with Gasteiger partial charge in [-0.3, -0.25) is 10.00 Å². The first-order valence-corrected chi connectivity index (χ1v) is 10.2. The van der Waals surface area contributed by atoms with Gasteiger partial charge in [0.25, 0.3) is 0 Å². The molecular weight excluding hydrogens is 399 g/mol. The minimum Gasteiger partial charge on any atom is -0.395 e. The maximum Gasteiger partial charge on any atom is 0.233 e. The number of nitrogens with one attached hydrogen (secondary N) is 2. The van der Waals surface area contributed by atoms with Crippen molar-refractivity contribution in [3.63, 3.8) is 0 Å². The minimum absolute atomic E-state index is 0.151. The van der Waals surface area contributed by atoms with Gasteiger partial charge in [-0.15, -0.1) is 0 Å². The van der Waals surface area contributed by atoms with E-state index < -0.39 is 0 Å². The monoisotopic (exact) mass is 424 g/mol. The Morgan fingerprint density at radius 2 is 1.97 bits per heavy atom. The van der Waals surface area contributed by atoms with Gasteiger partial charge in [-0.25, -0.2) is 4.39 Å². The fourth-order valence-electron chi connectivity index (χ4n) is 3.34. The van der Waals surface area contributed by atoms with E-state index >= 15 is 0 Å². The average Bonchev–Trinajstić information content (AvgIpc) is 3.17. The molecule has 2 aromatic heterocycles. The summed E-state index contributed by atoms with van der Waals surface area (Å²) >= 11 is 0. The topological polar surface area (TPSA) is 106 Å². The molecule has 1 aliphatic rings. The van der Waals surface area contributed by atoms with Crippen molar-refractivity contribution >= 4 is 29.9 Å². The maximum absolute atomic E-state index is 13.5. The fourth-order valence-corrected chi connectivity index (χ4v) is 3.34. The molecule has 0 bridgehead atoms. The number of benzene rings is 1. The van der Waals surface area contributed by atoms with Crippen molar-refractivity contribution in [3.8, 4) is 0 Å². The molecule has 0 atom stereocenters. The fraction of sp³-hybridized carbons (Fsp3) is 0.333. The number of aromatic nitrogens is 5. The molecule has 9 nitrogen and oxygen atoms in total. The van der Waals surface area contributed by atoms with Crippen LogP contribution in [0.3, 0.4) is 0 Å². The van der Waals surface area contributed by atoms with Crippen LogP contribution in [0.4, 0.5) is 22.1 Å². The first-order valence-electron chi connectivity index (χ1n) is 10.2. The number of aliphatic hydroxyl groups is 1. The third-order valence-electron chi connectivity index (χ3n) is 4.93. The summed E-state index contributed by atoms with van der Waals surface area (Å²) in [5, 5.41) is 19.3. The van der Waals surface area contributed by atoms with Gasteiger partial charge in [0.1, 0.15) is 5.82 Å². The van der Waals surface area contributed by atoms with Crippen molar-refractivity contribution in [2.24, 2.45) is 0 Å². The van der Waals surface area contributed by atoms with Gasteiger partial charge >= 0.3 is 0 Å². The number of rotatable bonds is 7. The van der Waals surface area contributed by atoms with E-state index in [4.69, 9.17) is 5.11 Å². The van der Waals surface area contributed by atoms with Crippen LogP contribution >= 0.6 is 0 Å². The van der Waals surface area contributed by atoms with Gasteiger partial charge in [-0.05, 0) is 30.7 Å². The van der Waals surface area contributed by atoms with E-state index in [9.17, 15) is 4.39 Å². The lowest BCUT2D eigenvalue weighted by molar-refractivity contribution is 0.188. The first-order chi connectivity index (χ1) is 15.1. The number of β-amino-alcohol motifs (C(OH)–C–C–N with tert-alkyl or cyclic N) is 1. The van der Waals surface area contributed by atoms with Gasteiger partial charge in [0.2, 0.25) is 11.9 Å². The van der Waals surface area contributed by atoms with E-state index in [0.29, 0.717) is 30.1 Å². The Hall–Kier alpha value is -3.37. The third-order valence-corrected chi connectivity index (χ3v) is 4.93. The molecule has 0 spiro atoms. The number of aliphatic hydroxyl groups excluding tert-OH is 1. The van der Waals surface area contributed by atoms with Crippen LogP contribution in [0.25, 0.3) is 12.2 Å². The van der Waals surface area contributed by atoms with E-state index in [-0.39, 0.29) is 12.4 Å². The van der Waals surface area contributed by atoms with Crippen LogP contribution in [-0.2, 0) is 0 Å². The largest absolute Gasteiger partial charge is 0.395 e. The number of hydrogen-bond donors (Lipinski definition) is 3. The van der Waals surface area contributed by atoms with Crippen LogP contribution in [0.5, 0.6) is 0 Å². The molecule has 3 aromatic rings. The van der Waals surface area contributed by atoms with E-state index in [2.05, 4.69) is 40.3 Å². The Bertz CT molecular complexity index is 1050. The molecule has 1 aliphatic heterocycles. The van der Waals surface area contributed by atoms with Gasteiger partial charge in [0, 0.05) is 44.5 Å². The molecule has 3 heterocycles. The van der Waals surface area contributed by atoms with Crippen LogP contribution in [0, 0.1) is 12.7 Å². The smallest absolute Gasteiger partial charge is 0.233 e. The van der Waals surface area contributed by atoms with E-state index in [1.807, 2.05) is 19.1 Å². The minimum atomic E-state index is -0.296. The van der Waals surface area contributed by atoms with Crippen molar-refractivity contribution in [1.29, 1.82) is 0 Å². The molecule has 10 heteroatoms. The van der Waals surface area contributed by atoms with Crippen LogP contribution in [0.15, 0.2) is 30.3 Å². The summed E-state index contributed by atoms with van der Waals surface area (Å²) in [5.41, 5.74) is 1.64. The number of aryl methyl sites for hydroxylation is 1. The maximum atomic E-state index is 13.5. The molecular formula is C21H25FN8O. The zero-order chi connectivity index (χ0) is 21.6. The highest BCUT2D eigenvalue weighted by atomic mass is 19.1. The zero-order valence-electron chi connectivity index (χ0n) is 17.3. The summed E-state index contributed by atoms with van der Waals surface area (Å²) in [6, 6.07) is 8.19. The molecule has 0 amide bonds. The second-order valence-electron chi connectivity index (χ2n) is 7.32. The van der Waals surface area contributed by atoms with Crippen LogP contribution < -0.4 is 10.2 Å². The third kappa shape index (κ3) is 5.62. The molecule has 1 saturated heterocycles. The Kier molecular flexibility index (Phi) is 6.48. The Morgan fingerprint density at radius 3 is 2.68 bits per heavy atom. The van der Waals surface area contributed by atoms with Gasteiger partial charge in [-0.2, -0.15) is 20.1 Å². The standard InChI is InChI=1S/C21H25FN8O/c1-15-13-19(28-27-15)24-20-23-18(6-5-16-3-2-4-17(22)14-16)25-21(26-20)30-9-7-29(8-10-30)11-12-31/h2-6,13-14,31H,7-12H2,1H3,(H2,23,24,25,26,27,28)/b6-5+. The predicted molar refractivity (Wildman–Crippen MR) is 118 cm³/mol. The number of aromatic amines is 1. The van der Waals surface area contributed by atoms with E-state index in [1.54, 1.807) is 18.2 Å². The summed E-state index contributed by atoms with van der Waals surface area (Å²) < 4.78 is 13.5. The highest BCUT2D eigenvalue weighted by Crippen LogP contribution is 2.18. The van der Waals surface area contributed by atoms with Gasteiger partial charge in [0.15, 0.2) is 11.6 Å². The van der Waals surface area contributed by atoms with E-state index in [0.717, 1.165) is 37.4 Å². The second kappa shape index (κ2) is 9.63. The SMILES string of the molecule is Cc1cc(Nc2nc(/C=C/c3cccc(F)c3)nc(N3CCN(CCO)CC3)n2)n[nH]1. The Morgan fingerprint density at radius 1 is 1.13 bits per heavy atom. The second-order valence-corrected chi connectivity index (χ2v) is 7.32. The molecule has 0 radical (unpaired) electrons. The normalized spacial score (nSPS) is 15.0. The number of halogens is 1. The van der Waals surface area contributed by atoms with Crippen molar-refractivity contribution in [3.05, 3.63) is 53.2 Å². The first kappa shape index (κ1) is 20.9. The lowest BCUT2D eigenvalue weighted by Crippen LogP contribution is -2.47. The van der Waals surface area contributed by atoms with Gasteiger partial charge < -0.3 is 15.3 Å². The number of anilines is 3. The number of H-pyrrole nitrogens is 1. The Labute approximate surface area is 179 Å². The van der Waals surface area contributed by atoms with Gasteiger partial charge in [0.05, 0.1) is 6.61 Å². The summed E-state index contributed by atoms with van der Waals surface area (Å²) in [4.78, 5) is 18.0. The van der Waals surface area contributed by atoms with Crippen molar-refractivity contribution < 1.29 is 9.50 Å². The molecule has 1 fully saturated rings. The highest BCUT2D eigenvalue weighted by Gasteiger charge is 2.20. The average molecular weight is 424 g/mol. The van der Waals surface area contributed by atoms with Gasteiger partial charge in [-0.1, -0.05) is 18.2 Å². The molecule has 3 N–H and O–H groups in total. The van der Waals surface area contributed by atoms with E-state index in [1.165, 1.54) is 12.1 Å². The summed E-state index contributed by atoms with van der Waals surface area (Å²) in [7, 11) is 0. The lowest BCUT2D eigenvalue weighted by Gasteiger charge is -2.34. The molecule has 31 heavy (non-hydrogen) atoms. The molecule has 4 rings (SSSR count). The highest BCUT2D eigenvalue weighted by molar-refractivity contribution is 5.67. The van der Waals surface area contributed by atoms with Crippen molar-refractivity contribution in [2.45, 2.75) is 6.92 Å². The number of piperazine rings is 1. The number of hydrogen-bond acceptors (Lipinski definition) is 8. The number of nitrogens with zero attached hydrogens (tertiary/aromatic N) is 6. The van der Waals surface area contributed by atoms with Crippen LogP contribution in [0.1, 0.15) is 17.1 Å². The zero-order valence-corrected chi connectivity index (χ0v) is 17.3.